The number of benzene rings is 1. The molecule has 0 spiro atoms. The first-order valence-corrected chi connectivity index (χ1v) is 5.86. The molecule has 0 aliphatic carbocycles. The molecule has 110 valence electrons. The van der Waals surface area contributed by atoms with E-state index in [0.717, 1.165) is 17.0 Å². The van der Waals surface area contributed by atoms with E-state index in [0.29, 0.717) is 0 Å². The predicted octanol–water partition coefficient (Wildman–Crippen LogP) is -0.298. The third-order valence-electron chi connectivity index (χ3n) is 2.86. The van der Waals surface area contributed by atoms with Gasteiger partial charge in [-0.3, -0.25) is 29.8 Å². The lowest BCUT2D eigenvalue weighted by Crippen LogP contribution is -2.53. The molecule has 0 unspecified atom stereocenters. The summed E-state index contributed by atoms with van der Waals surface area (Å²) in [5, 5.41) is 12.8. The number of ether oxygens (including phenoxy) is 1. The van der Waals surface area contributed by atoms with Crippen LogP contribution < -0.4 is 10.1 Å². The van der Waals surface area contributed by atoms with Crippen molar-refractivity contribution in [3.8, 4) is 5.75 Å². The molecule has 1 aliphatic heterocycles. The lowest BCUT2D eigenvalue weighted by atomic mass is 10.1. The number of hydrogen-bond acceptors (Lipinski definition) is 6. The number of amides is 3. The van der Waals surface area contributed by atoms with E-state index in [-0.39, 0.29) is 30.1 Å². The van der Waals surface area contributed by atoms with Gasteiger partial charge in [-0.25, -0.2) is 0 Å². The number of nitrogens with one attached hydrogen (secondary N) is 1. The number of hydrogen-bond donors (Lipinski definition) is 1. The molecular weight excluding hydrogens is 282 g/mol. The number of rotatable bonds is 3. The Morgan fingerprint density at radius 2 is 1.95 bits per heavy atom. The van der Waals surface area contributed by atoms with Gasteiger partial charge in [0, 0.05) is 6.07 Å². The molecule has 0 atom stereocenters. The van der Waals surface area contributed by atoms with Crippen molar-refractivity contribution in [3.05, 3.63) is 33.9 Å². The fourth-order valence-electron chi connectivity index (χ4n) is 1.92. The van der Waals surface area contributed by atoms with Gasteiger partial charge in [-0.15, -0.1) is 0 Å². The molecule has 0 aromatic heterocycles. The number of nitro groups is 1. The maximum Gasteiger partial charge on any atom is 0.273 e. The predicted molar refractivity (Wildman–Crippen MR) is 68.7 cm³/mol. The third-order valence-corrected chi connectivity index (χ3v) is 2.86. The van der Waals surface area contributed by atoms with Gasteiger partial charge in [0.25, 0.3) is 11.6 Å². The second kappa shape index (κ2) is 5.57. The van der Waals surface area contributed by atoms with E-state index < -0.39 is 22.6 Å². The number of carbonyl (C=O) groups excluding carboxylic acids is 3. The van der Waals surface area contributed by atoms with Crippen molar-refractivity contribution in [1.82, 2.24) is 10.2 Å². The summed E-state index contributed by atoms with van der Waals surface area (Å²) < 4.78 is 4.96. The van der Waals surface area contributed by atoms with Crippen LogP contribution in [0.2, 0.25) is 0 Å². The second-order valence-corrected chi connectivity index (χ2v) is 4.27. The van der Waals surface area contributed by atoms with E-state index >= 15 is 0 Å². The summed E-state index contributed by atoms with van der Waals surface area (Å²) in [6, 6.07) is 3.50. The van der Waals surface area contributed by atoms with Gasteiger partial charge in [0.15, 0.2) is 0 Å². The summed E-state index contributed by atoms with van der Waals surface area (Å²) in [5.74, 6) is -1.77. The Morgan fingerprint density at radius 3 is 2.48 bits per heavy atom. The van der Waals surface area contributed by atoms with Gasteiger partial charge < -0.3 is 9.64 Å². The molecule has 2 rings (SSSR count). The van der Waals surface area contributed by atoms with Gasteiger partial charge in [-0.1, -0.05) is 0 Å². The summed E-state index contributed by atoms with van der Waals surface area (Å²) >= 11 is 0. The van der Waals surface area contributed by atoms with E-state index in [1.54, 1.807) is 0 Å². The van der Waals surface area contributed by atoms with Crippen LogP contribution >= 0.6 is 0 Å². The molecule has 21 heavy (non-hydrogen) atoms. The van der Waals surface area contributed by atoms with E-state index in [2.05, 4.69) is 5.32 Å². The summed E-state index contributed by atoms with van der Waals surface area (Å²) in [5.41, 5.74) is -0.179. The standard InChI is InChI=1S/C12H11N3O6/c1-21-9-4-7(15(19)20)2-3-8(9)12(18)14-5-10(16)13-11(17)6-14/h2-4H,5-6H2,1H3,(H,13,16,17). The smallest absolute Gasteiger partial charge is 0.273 e. The van der Waals surface area contributed by atoms with Gasteiger partial charge in [0.2, 0.25) is 11.8 Å². The number of imide groups is 1. The van der Waals surface area contributed by atoms with Crippen molar-refractivity contribution in [2.24, 2.45) is 0 Å². The van der Waals surface area contributed by atoms with E-state index in [1.165, 1.54) is 13.2 Å². The molecule has 1 heterocycles. The maximum atomic E-state index is 12.3. The Bertz CT molecular complexity index is 626. The van der Waals surface area contributed by atoms with Crippen LogP contribution in [-0.2, 0) is 9.59 Å². The highest BCUT2D eigenvalue weighted by molar-refractivity contribution is 6.06. The molecule has 1 aliphatic rings. The van der Waals surface area contributed by atoms with Crippen molar-refractivity contribution >= 4 is 23.4 Å². The van der Waals surface area contributed by atoms with Crippen LogP contribution in [0.5, 0.6) is 5.75 Å². The Hall–Kier alpha value is -2.97. The number of carbonyl (C=O) groups is 3. The SMILES string of the molecule is COc1cc([N+](=O)[O-])ccc1C(=O)N1CC(=O)NC(=O)C1. The first-order valence-electron chi connectivity index (χ1n) is 5.86. The van der Waals surface area contributed by atoms with Gasteiger partial charge in [0.05, 0.1) is 23.7 Å². The Balaban J connectivity index is 2.32. The highest BCUT2D eigenvalue weighted by Gasteiger charge is 2.29. The number of nitrogens with zero attached hydrogens (tertiary/aromatic N) is 2. The maximum absolute atomic E-state index is 12.3. The van der Waals surface area contributed by atoms with Crippen molar-refractivity contribution in [1.29, 1.82) is 0 Å². The van der Waals surface area contributed by atoms with Crippen LogP contribution in [0.15, 0.2) is 18.2 Å². The van der Waals surface area contributed by atoms with Gasteiger partial charge in [-0.2, -0.15) is 0 Å². The molecule has 3 amide bonds. The number of methoxy groups -OCH3 is 1. The highest BCUT2D eigenvalue weighted by Crippen LogP contribution is 2.25. The van der Waals surface area contributed by atoms with Gasteiger partial charge >= 0.3 is 0 Å². The van der Waals surface area contributed by atoms with E-state index in [4.69, 9.17) is 4.74 Å². The van der Waals surface area contributed by atoms with Crippen LogP contribution in [0.25, 0.3) is 0 Å². The first-order chi connectivity index (χ1) is 9.92. The fraction of sp³-hybridized carbons (Fsp3) is 0.250. The van der Waals surface area contributed by atoms with Crippen LogP contribution in [0, 0.1) is 10.1 Å². The van der Waals surface area contributed by atoms with Gasteiger partial charge in [0.1, 0.15) is 18.8 Å². The topological polar surface area (TPSA) is 119 Å². The van der Waals surface area contributed by atoms with Crippen LogP contribution in [0.3, 0.4) is 0 Å². The molecule has 1 aromatic carbocycles. The zero-order valence-corrected chi connectivity index (χ0v) is 11.0. The number of non-ortho nitro benzene ring substituents is 1. The summed E-state index contributed by atoms with van der Waals surface area (Å²) in [6.07, 6.45) is 0. The third kappa shape index (κ3) is 2.96. The average molecular weight is 293 g/mol. The molecular formula is C12H11N3O6. The zero-order valence-electron chi connectivity index (χ0n) is 11.0. The molecule has 1 saturated heterocycles. The number of piperazine rings is 1. The Morgan fingerprint density at radius 1 is 1.33 bits per heavy atom. The fourth-order valence-corrected chi connectivity index (χ4v) is 1.92. The highest BCUT2D eigenvalue weighted by atomic mass is 16.6. The molecule has 9 nitrogen and oxygen atoms in total. The quantitative estimate of drug-likeness (QED) is 0.464. The number of nitro benzene ring substituents is 1. The Kier molecular flexibility index (Phi) is 3.83. The molecule has 0 saturated carbocycles. The molecule has 1 fully saturated rings. The summed E-state index contributed by atoms with van der Waals surface area (Å²) in [6.45, 7) is -0.518. The molecule has 0 bridgehead atoms. The molecule has 1 N–H and O–H groups in total. The molecule has 1 aromatic rings. The minimum Gasteiger partial charge on any atom is -0.496 e. The first kappa shape index (κ1) is 14.4. The lowest BCUT2D eigenvalue weighted by molar-refractivity contribution is -0.384. The molecule has 0 radical (unpaired) electrons. The summed E-state index contributed by atoms with van der Waals surface area (Å²) in [4.78, 5) is 46.0. The van der Waals surface area contributed by atoms with Crippen LogP contribution in [0.4, 0.5) is 5.69 Å². The minimum absolute atomic E-state index is 0.00707. The normalized spacial score (nSPS) is 14.6. The van der Waals surface area contributed by atoms with Gasteiger partial charge in [-0.05, 0) is 6.07 Å². The monoisotopic (exact) mass is 293 g/mol. The lowest BCUT2D eigenvalue weighted by Gasteiger charge is -2.25. The van der Waals surface area contributed by atoms with E-state index in [9.17, 15) is 24.5 Å². The van der Waals surface area contributed by atoms with Crippen LogP contribution in [-0.4, -0.2) is 47.7 Å². The Labute approximate surface area is 118 Å². The summed E-state index contributed by atoms with van der Waals surface area (Å²) in [7, 11) is 1.27. The van der Waals surface area contributed by atoms with Crippen molar-refractivity contribution in [2.75, 3.05) is 20.2 Å². The van der Waals surface area contributed by atoms with Crippen LogP contribution in [0.1, 0.15) is 10.4 Å². The largest absolute Gasteiger partial charge is 0.496 e. The minimum atomic E-state index is -0.616. The van der Waals surface area contributed by atoms with Crippen molar-refractivity contribution < 1.29 is 24.0 Å². The zero-order chi connectivity index (χ0) is 15.6. The average Bonchev–Trinajstić information content (AvgIpc) is 2.44. The van der Waals surface area contributed by atoms with E-state index in [1.807, 2.05) is 0 Å². The molecule has 9 heteroatoms. The van der Waals surface area contributed by atoms with Crippen molar-refractivity contribution in [3.63, 3.8) is 0 Å². The van der Waals surface area contributed by atoms with Crippen molar-refractivity contribution in [2.45, 2.75) is 0 Å². The second-order valence-electron chi connectivity index (χ2n) is 4.27.